The summed E-state index contributed by atoms with van der Waals surface area (Å²) >= 11 is 0. The second kappa shape index (κ2) is 6.50. The molecule has 0 aromatic carbocycles. The number of rotatable bonds is 4. The van der Waals surface area contributed by atoms with Gasteiger partial charge in [-0.15, -0.1) is 0 Å². The molecule has 0 aromatic rings. The van der Waals surface area contributed by atoms with Crippen molar-refractivity contribution in [2.75, 3.05) is 33.9 Å². The van der Waals surface area contributed by atoms with Gasteiger partial charge in [-0.1, -0.05) is 0 Å². The van der Waals surface area contributed by atoms with Gasteiger partial charge in [0.1, 0.15) is 0 Å². The topological polar surface area (TPSA) is 48.0 Å². The van der Waals surface area contributed by atoms with E-state index < -0.39 is 0 Å². The molecular formula is C13H23NO4. The van der Waals surface area contributed by atoms with Crippen LogP contribution < -0.4 is 0 Å². The molecule has 5 heteroatoms. The molecule has 2 heterocycles. The van der Waals surface area contributed by atoms with Gasteiger partial charge < -0.3 is 19.1 Å². The fourth-order valence-electron chi connectivity index (χ4n) is 2.58. The highest BCUT2D eigenvalue weighted by Gasteiger charge is 2.30. The van der Waals surface area contributed by atoms with Crippen molar-refractivity contribution in [3.05, 3.63) is 0 Å². The lowest BCUT2D eigenvalue weighted by molar-refractivity contribution is -0.144. The van der Waals surface area contributed by atoms with Gasteiger partial charge in [0.2, 0.25) is 0 Å². The summed E-state index contributed by atoms with van der Waals surface area (Å²) in [5.41, 5.74) is 0. The Morgan fingerprint density at radius 3 is 2.78 bits per heavy atom. The average molecular weight is 257 g/mol. The van der Waals surface area contributed by atoms with Crippen molar-refractivity contribution < 1.29 is 19.0 Å². The SMILES string of the molecule is COC(=O)CC1COC(CC2CCN(C)CC2)O1. The predicted molar refractivity (Wildman–Crippen MR) is 66.1 cm³/mol. The molecule has 0 N–H and O–H groups in total. The molecule has 0 spiro atoms. The maximum absolute atomic E-state index is 11.1. The molecule has 2 aliphatic rings. The van der Waals surface area contributed by atoms with E-state index in [-0.39, 0.29) is 18.4 Å². The van der Waals surface area contributed by atoms with Crippen LogP contribution in [0.2, 0.25) is 0 Å². The molecule has 0 aromatic heterocycles. The maximum atomic E-state index is 11.1. The van der Waals surface area contributed by atoms with Crippen molar-refractivity contribution in [1.82, 2.24) is 4.90 Å². The van der Waals surface area contributed by atoms with Gasteiger partial charge in [-0.05, 0) is 38.9 Å². The Balaban J connectivity index is 1.68. The Labute approximate surface area is 108 Å². The van der Waals surface area contributed by atoms with Crippen LogP contribution >= 0.6 is 0 Å². The highest BCUT2D eigenvalue weighted by Crippen LogP contribution is 2.26. The van der Waals surface area contributed by atoms with Crippen LogP contribution in [0.25, 0.3) is 0 Å². The highest BCUT2D eigenvalue weighted by molar-refractivity contribution is 5.69. The van der Waals surface area contributed by atoms with E-state index in [0.29, 0.717) is 18.9 Å². The normalized spacial score (nSPS) is 30.6. The van der Waals surface area contributed by atoms with Crippen molar-refractivity contribution in [3.63, 3.8) is 0 Å². The molecule has 18 heavy (non-hydrogen) atoms. The van der Waals surface area contributed by atoms with Crippen molar-refractivity contribution in [3.8, 4) is 0 Å². The number of esters is 1. The molecule has 2 fully saturated rings. The van der Waals surface area contributed by atoms with Crippen LogP contribution in [0.15, 0.2) is 0 Å². The summed E-state index contributed by atoms with van der Waals surface area (Å²) in [7, 11) is 3.55. The molecule has 2 atom stereocenters. The Morgan fingerprint density at radius 1 is 1.39 bits per heavy atom. The number of piperidine rings is 1. The Morgan fingerprint density at radius 2 is 2.11 bits per heavy atom. The van der Waals surface area contributed by atoms with Crippen LogP contribution in [0, 0.1) is 5.92 Å². The molecule has 0 bridgehead atoms. The van der Waals surface area contributed by atoms with Crippen molar-refractivity contribution in [2.45, 2.75) is 38.1 Å². The van der Waals surface area contributed by atoms with Crippen LogP contribution in [-0.2, 0) is 19.0 Å². The number of nitrogens with zero attached hydrogens (tertiary/aromatic N) is 1. The summed E-state index contributed by atoms with van der Waals surface area (Å²) in [6, 6.07) is 0. The summed E-state index contributed by atoms with van der Waals surface area (Å²) in [6.45, 7) is 2.82. The van der Waals surface area contributed by atoms with Gasteiger partial charge in [0.05, 0.1) is 26.2 Å². The Kier molecular flexibility index (Phi) is 4.97. The summed E-state index contributed by atoms with van der Waals surface area (Å²) in [6.07, 6.45) is 3.40. The van der Waals surface area contributed by atoms with E-state index in [9.17, 15) is 4.79 Å². The smallest absolute Gasteiger partial charge is 0.308 e. The van der Waals surface area contributed by atoms with Gasteiger partial charge in [-0.3, -0.25) is 4.79 Å². The number of hydrogen-bond donors (Lipinski definition) is 0. The molecule has 5 nitrogen and oxygen atoms in total. The lowest BCUT2D eigenvalue weighted by Crippen LogP contribution is -2.32. The van der Waals surface area contributed by atoms with E-state index in [1.54, 1.807) is 0 Å². The van der Waals surface area contributed by atoms with Crippen LogP contribution in [0.4, 0.5) is 0 Å². The van der Waals surface area contributed by atoms with E-state index in [1.165, 1.54) is 20.0 Å². The van der Waals surface area contributed by atoms with Gasteiger partial charge in [-0.25, -0.2) is 0 Å². The third kappa shape index (κ3) is 3.93. The van der Waals surface area contributed by atoms with Crippen LogP contribution in [-0.4, -0.2) is 57.1 Å². The minimum Gasteiger partial charge on any atom is -0.469 e. The fraction of sp³-hybridized carbons (Fsp3) is 0.923. The number of hydrogen-bond acceptors (Lipinski definition) is 5. The molecule has 2 saturated heterocycles. The average Bonchev–Trinajstić information content (AvgIpc) is 2.79. The van der Waals surface area contributed by atoms with E-state index in [0.717, 1.165) is 19.5 Å². The summed E-state index contributed by atoms with van der Waals surface area (Å²) in [4.78, 5) is 13.5. The molecule has 2 unspecified atom stereocenters. The number of ether oxygens (including phenoxy) is 3. The molecule has 104 valence electrons. The third-order valence-electron chi connectivity index (χ3n) is 3.80. The van der Waals surface area contributed by atoms with Gasteiger partial charge in [0.15, 0.2) is 6.29 Å². The molecule has 2 rings (SSSR count). The van der Waals surface area contributed by atoms with Crippen LogP contribution in [0.1, 0.15) is 25.7 Å². The van der Waals surface area contributed by atoms with Gasteiger partial charge in [0, 0.05) is 6.42 Å². The highest BCUT2D eigenvalue weighted by atomic mass is 16.7. The summed E-state index contributed by atoms with van der Waals surface area (Å²) in [5.74, 6) is 0.451. The quantitative estimate of drug-likeness (QED) is 0.704. The first-order valence-corrected chi connectivity index (χ1v) is 6.69. The molecule has 0 saturated carbocycles. The Bertz CT molecular complexity index is 276. The van der Waals surface area contributed by atoms with Gasteiger partial charge >= 0.3 is 5.97 Å². The van der Waals surface area contributed by atoms with Crippen LogP contribution in [0.3, 0.4) is 0 Å². The Hall–Kier alpha value is -0.650. The lowest BCUT2D eigenvalue weighted by Gasteiger charge is -2.29. The van der Waals surface area contributed by atoms with Crippen molar-refractivity contribution in [1.29, 1.82) is 0 Å². The summed E-state index contributed by atoms with van der Waals surface area (Å²) in [5, 5.41) is 0. The number of methoxy groups -OCH3 is 1. The molecule has 0 radical (unpaired) electrons. The van der Waals surface area contributed by atoms with Crippen LogP contribution in [0.5, 0.6) is 0 Å². The number of carbonyl (C=O) groups is 1. The van der Waals surface area contributed by atoms with Crippen molar-refractivity contribution in [2.24, 2.45) is 5.92 Å². The minimum absolute atomic E-state index is 0.131. The van der Waals surface area contributed by atoms with E-state index in [1.807, 2.05) is 0 Å². The first-order valence-electron chi connectivity index (χ1n) is 6.69. The van der Waals surface area contributed by atoms with E-state index in [2.05, 4.69) is 16.7 Å². The zero-order chi connectivity index (χ0) is 13.0. The van der Waals surface area contributed by atoms with Gasteiger partial charge in [-0.2, -0.15) is 0 Å². The lowest BCUT2D eigenvalue weighted by atomic mass is 9.94. The second-order valence-corrected chi connectivity index (χ2v) is 5.28. The fourth-order valence-corrected chi connectivity index (χ4v) is 2.58. The monoisotopic (exact) mass is 257 g/mol. The zero-order valence-electron chi connectivity index (χ0n) is 11.3. The standard InChI is InChI=1S/C13H23NO4/c1-14-5-3-10(4-6-14)7-13-17-9-11(18-13)8-12(15)16-2/h10-11,13H,3-9H2,1-2H3. The largest absolute Gasteiger partial charge is 0.469 e. The first-order chi connectivity index (χ1) is 8.67. The molecule has 0 aliphatic carbocycles. The van der Waals surface area contributed by atoms with E-state index in [4.69, 9.17) is 9.47 Å². The molecule has 0 amide bonds. The molecule has 2 aliphatic heterocycles. The second-order valence-electron chi connectivity index (χ2n) is 5.28. The van der Waals surface area contributed by atoms with E-state index >= 15 is 0 Å². The third-order valence-corrected chi connectivity index (χ3v) is 3.80. The van der Waals surface area contributed by atoms with Crippen molar-refractivity contribution >= 4 is 5.97 Å². The minimum atomic E-state index is -0.233. The zero-order valence-corrected chi connectivity index (χ0v) is 11.3. The maximum Gasteiger partial charge on any atom is 0.308 e. The number of carbonyl (C=O) groups excluding carboxylic acids is 1. The summed E-state index contributed by atoms with van der Waals surface area (Å²) < 4.78 is 16.0. The predicted octanol–water partition coefficient (Wildman–Crippen LogP) is 1.02. The van der Waals surface area contributed by atoms with Gasteiger partial charge in [0.25, 0.3) is 0 Å². The molecular weight excluding hydrogens is 234 g/mol. The number of likely N-dealkylation sites (tertiary alicyclic amines) is 1. The first kappa shape index (κ1) is 13.8.